The number of rotatable bonds is 8. The summed E-state index contributed by atoms with van der Waals surface area (Å²) in [7, 11) is 0. The van der Waals surface area contributed by atoms with Crippen LogP contribution < -0.4 is 10.2 Å². The van der Waals surface area contributed by atoms with E-state index < -0.39 is 0 Å². The van der Waals surface area contributed by atoms with Gasteiger partial charge in [-0.05, 0) is 31.3 Å². The molecule has 3 nitrogen and oxygen atoms in total. The van der Waals surface area contributed by atoms with Crippen LogP contribution in [0.3, 0.4) is 0 Å². The Labute approximate surface area is 127 Å². The highest BCUT2D eigenvalue weighted by Gasteiger charge is 2.11. The summed E-state index contributed by atoms with van der Waals surface area (Å²) in [4.78, 5) is 2.39. The highest BCUT2D eigenvalue weighted by atomic mass is 16.3. The van der Waals surface area contributed by atoms with Crippen LogP contribution in [0.25, 0.3) is 10.8 Å². The Hall–Kier alpha value is -1.58. The molecule has 0 saturated heterocycles. The lowest BCUT2D eigenvalue weighted by molar-refractivity contribution is 0.238. The number of benzene rings is 2. The lowest BCUT2D eigenvalue weighted by Gasteiger charge is -2.27. The molecule has 0 saturated carbocycles. The van der Waals surface area contributed by atoms with Gasteiger partial charge >= 0.3 is 0 Å². The highest BCUT2D eigenvalue weighted by Crippen LogP contribution is 2.26. The zero-order chi connectivity index (χ0) is 15.1. The molecular formula is C18H26N2O. The Bertz CT molecular complexity index is 550. The predicted molar refractivity (Wildman–Crippen MR) is 91.0 cm³/mol. The molecule has 0 aliphatic rings. The van der Waals surface area contributed by atoms with Crippen LogP contribution in [0.15, 0.2) is 42.5 Å². The minimum absolute atomic E-state index is 0.180. The molecule has 0 aliphatic heterocycles. The number of likely N-dealkylation sites (N-methyl/N-ethyl adjacent to an activating group) is 1. The normalized spacial score (nSPS) is 12.5. The topological polar surface area (TPSA) is 35.5 Å². The molecule has 2 N–H and O–H groups in total. The summed E-state index contributed by atoms with van der Waals surface area (Å²) in [6, 6.07) is 15.1. The van der Waals surface area contributed by atoms with Gasteiger partial charge in [0.15, 0.2) is 0 Å². The molecule has 2 aromatic rings. The molecule has 2 aromatic carbocycles. The van der Waals surface area contributed by atoms with Crippen molar-refractivity contribution in [1.82, 2.24) is 5.32 Å². The minimum atomic E-state index is 0.180. The van der Waals surface area contributed by atoms with Gasteiger partial charge in [0.2, 0.25) is 0 Å². The number of aliphatic hydroxyl groups excluding tert-OH is 1. The molecule has 21 heavy (non-hydrogen) atoms. The first-order chi connectivity index (χ1) is 10.3. The lowest BCUT2D eigenvalue weighted by atomic mass is 10.1. The predicted octanol–water partition coefficient (Wildman–Crippen LogP) is 3.03. The van der Waals surface area contributed by atoms with Crippen LogP contribution in [0, 0.1) is 0 Å². The maximum Gasteiger partial charge on any atom is 0.0585 e. The van der Waals surface area contributed by atoms with Crippen molar-refractivity contribution in [3.63, 3.8) is 0 Å². The van der Waals surface area contributed by atoms with Crippen molar-refractivity contribution in [2.45, 2.75) is 26.3 Å². The summed E-state index contributed by atoms with van der Waals surface area (Å²) >= 11 is 0. The third-order valence-corrected chi connectivity index (χ3v) is 3.95. The zero-order valence-corrected chi connectivity index (χ0v) is 13.0. The van der Waals surface area contributed by atoms with Crippen molar-refractivity contribution in [1.29, 1.82) is 0 Å². The van der Waals surface area contributed by atoms with Gasteiger partial charge < -0.3 is 15.3 Å². The van der Waals surface area contributed by atoms with Gasteiger partial charge in [-0.3, -0.25) is 0 Å². The number of nitrogens with one attached hydrogen (secondary N) is 1. The molecule has 0 amide bonds. The van der Waals surface area contributed by atoms with Crippen LogP contribution in [0.5, 0.6) is 0 Å². The van der Waals surface area contributed by atoms with E-state index in [0.717, 1.165) is 26.1 Å². The smallest absolute Gasteiger partial charge is 0.0585 e. The number of hydrogen-bond donors (Lipinski definition) is 2. The van der Waals surface area contributed by atoms with Gasteiger partial charge in [-0.2, -0.15) is 0 Å². The van der Waals surface area contributed by atoms with Crippen molar-refractivity contribution in [2.24, 2.45) is 0 Å². The molecular weight excluding hydrogens is 260 g/mol. The summed E-state index contributed by atoms with van der Waals surface area (Å²) < 4.78 is 0. The van der Waals surface area contributed by atoms with Gasteiger partial charge in [0.05, 0.1) is 6.61 Å². The van der Waals surface area contributed by atoms with Crippen molar-refractivity contribution in [3.05, 3.63) is 42.5 Å². The first kappa shape index (κ1) is 15.8. The Kier molecular flexibility index (Phi) is 6.03. The van der Waals surface area contributed by atoms with E-state index >= 15 is 0 Å². The van der Waals surface area contributed by atoms with Gasteiger partial charge in [-0.1, -0.05) is 43.3 Å². The second-order valence-electron chi connectivity index (χ2n) is 5.30. The van der Waals surface area contributed by atoms with Crippen molar-refractivity contribution in [2.75, 3.05) is 31.1 Å². The molecule has 1 unspecified atom stereocenters. The first-order valence-electron chi connectivity index (χ1n) is 7.87. The fourth-order valence-electron chi connectivity index (χ4n) is 2.79. The molecule has 0 heterocycles. The summed E-state index contributed by atoms with van der Waals surface area (Å²) in [5.74, 6) is 0. The van der Waals surface area contributed by atoms with Crippen LogP contribution in [0.1, 0.15) is 20.3 Å². The Balaban J connectivity index is 2.16. The third-order valence-electron chi connectivity index (χ3n) is 3.95. The third kappa shape index (κ3) is 3.96. The summed E-state index contributed by atoms with van der Waals surface area (Å²) in [6.07, 6.45) is 0.946. The monoisotopic (exact) mass is 286 g/mol. The number of hydrogen-bond acceptors (Lipinski definition) is 3. The minimum Gasteiger partial charge on any atom is -0.395 e. The summed E-state index contributed by atoms with van der Waals surface area (Å²) in [5.41, 5.74) is 1.28. The van der Waals surface area contributed by atoms with E-state index in [1.54, 1.807) is 0 Å². The van der Waals surface area contributed by atoms with E-state index in [2.05, 4.69) is 66.5 Å². The second kappa shape index (κ2) is 8.01. The van der Waals surface area contributed by atoms with Gasteiger partial charge in [-0.25, -0.2) is 0 Å². The average molecular weight is 286 g/mol. The maximum atomic E-state index is 9.40. The van der Waals surface area contributed by atoms with Gasteiger partial charge in [0.25, 0.3) is 0 Å². The molecule has 0 aromatic heterocycles. The molecule has 0 radical (unpaired) electrons. The van der Waals surface area contributed by atoms with E-state index in [1.165, 1.54) is 16.5 Å². The number of nitrogens with zero attached hydrogens (tertiary/aromatic N) is 1. The quantitative estimate of drug-likeness (QED) is 0.783. The maximum absolute atomic E-state index is 9.40. The van der Waals surface area contributed by atoms with Crippen LogP contribution in [-0.4, -0.2) is 37.4 Å². The van der Waals surface area contributed by atoms with Crippen LogP contribution in [-0.2, 0) is 0 Å². The van der Waals surface area contributed by atoms with E-state index in [1.807, 2.05) is 0 Å². The SMILES string of the molecule is CCNC(CO)CCN(CC)c1cccc2ccccc12. The van der Waals surface area contributed by atoms with Crippen molar-refractivity contribution in [3.8, 4) is 0 Å². The molecule has 0 aliphatic carbocycles. The second-order valence-corrected chi connectivity index (χ2v) is 5.30. The average Bonchev–Trinajstić information content (AvgIpc) is 2.54. The van der Waals surface area contributed by atoms with Crippen LogP contribution >= 0.6 is 0 Å². The van der Waals surface area contributed by atoms with Crippen molar-refractivity contribution >= 4 is 16.5 Å². The fourth-order valence-corrected chi connectivity index (χ4v) is 2.79. The first-order valence-corrected chi connectivity index (χ1v) is 7.87. The van der Waals surface area contributed by atoms with E-state index in [-0.39, 0.29) is 12.6 Å². The Morgan fingerprint density at radius 3 is 2.57 bits per heavy atom. The zero-order valence-electron chi connectivity index (χ0n) is 13.0. The molecule has 1 atom stereocenters. The number of fused-ring (bicyclic) bond motifs is 1. The van der Waals surface area contributed by atoms with Gasteiger partial charge in [0.1, 0.15) is 0 Å². The summed E-state index contributed by atoms with van der Waals surface area (Å²) in [5, 5.41) is 15.3. The van der Waals surface area contributed by atoms with Crippen molar-refractivity contribution < 1.29 is 5.11 Å². The molecule has 0 spiro atoms. The standard InChI is InChI=1S/C18H26N2O/c1-3-19-16(14-21)12-13-20(4-2)18-11-7-9-15-8-5-6-10-17(15)18/h5-11,16,19,21H,3-4,12-14H2,1-2H3. The molecule has 0 fully saturated rings. The van der Waals surface area contributed by atoms with Gasteiger partial charge in [-0.15, -0.1) is 0 Å². The van der Waals surface area contributed by atoms with E-state index in [9.17, 15) is 5.11 Å². The fraction of sp³-hybridized carbons (Fsp3) is 0.444. The van der Waals surface area contributed by atoms with E-state index in [4.69, 9.17) is 0 Å². The van der Waals surface area contributed by atoms with Crippen LogP contribution in [0.2, 0.25) is 0 Å². The molecule has 3 heteroatoms. The van der Waals surface area contributed by atoms with Gasteiger partial charge in [0, 0.05) is 30.2 Å². The van der Waals surface area contributed by atoms with Crippen LogP contribution in [0.4, 0.5) is 5.69 Å². The molecule has 0 bridgehead atoms. The van der Waals surface area contributed by atoms with E-state index in [0.29, 0.717) is 0 Å². The number of aliphatic hydroxyl groups is 1. The Morgan fingerprint density at radius 1 is 1.10 bits per heavy atom. The number of anilines is 1. The Morgan fingerprint density at radius 2 is 1.86 bits per heavy atom. The largest absolute Gasteiger partial charge is 0.395 e. The summed E-state index contributed by atoms with van der Waals surface area (Å²) in [6.45, 7) is 7.27. The molecule has 2 rings (SSSR count). The molecule has 114 valence electrons. The highest BCUT2D eigenvalue weighted by molar-refractivity contribution is 5.94. The lowest BCUT2D eigenvalue weighted by Crippen LogP contribution is -2.36.